The van der Waals surface area contributed by atoms with Crippen LogP contribution in [-0.4, -0.2) is 98.7 Å². The average Bonchev–Trinajstić information content (AvgIpc) is 2.96. The van der Waals surface area contributed by atoms with Crippen LogP contribution in [0, 0.1) is 0 Å². The number of carbonyl (C=O) groups excluding carboxylic acids is 1. The SMILES string of the molecule is CCOc1cc2c(cc1OC)C(c1ccc(=O)n(C)c1)=N[C@@H]1CC[C@@H](OC(=O)[C@H](O)[C@@H](O)[C@H](O)[C@H](O)CO)C[C@H]21. The largest absolute Gasteiger partial charge is 0.493 e. The number of nitrogens with zero attached hydrogens (tertiary/aromatic N) is 2. The number of fused-ring (bicyclic) bond motifs is 3. The number of aliphatic hydroxyl groups excluding tert-OH is 5. The van der Waals surface area contributed by atoms with E-state index in [0.29, 0.717) is 43.1 Å². The van der Waals surface area contributed by atoms with Gasteiger partial charge in [-0.3, -0.25) is 9.79 Å². The summed E-state index contributed by atoms with van der Waals surface area (Å²) in [6.45, 7) is 1.43. The van der Waals surface area contributed by atoms with Crippen LogP contribution in [0.3, 0.4) is 0 Å². The minimum Gasteiger partial charge on any atom is -0.493 e. The molecule has 0 unspecified atom stereocenters. The number of carbonyl (C=O) groups is 1. The zero-order valence-corrected chi connectivity index (χ0v) is 22.6. The molecule has 0 amide bonds. The molecule has 2 aromatic rings. The van der Waals surface area contributed by atoms with Gasteiger partial charge < -0.3 is 44.3 Å². The molecule has 7 atom stereocenters. The van der Waals surface area contributed by atoms with Crippen LogP contribution in [0.1, 0.15) is 48.8 Å². The van der Waals surface area contributed by atoms with Gasteiger partial charge in [-0.05, 0) is 49.9 Å². The average molecular weight is 561 g/mol. The Morgan fingerprint density at radius 1 is 1.12 bits per heavy atom. The molecule has 1 aromatic heterocycles. The van der Waals surface area contributed by atoms with Crippen LogP contribution in [0.4, 0.5) is 0 Å². The van der Waals surface area contributed by atoms with Gasteiger partial charge in [0, 0.05) is 36.4 Å². The maximum Gasteiger partial charge on any atom is 0.338 e. The Labute approximate surface area is 231 Å². The first-order valence-electron chi connectivity index (χ1n) is 13.2. The van der Waals surface area contributed by atoms with E-state index < -0.39 is 43.1 Å². The standard InChI is InChI=1S/C28H36N2O10/c1-4-39-22-10-16-17-9-15(40-28(37)27(36)26(35)25(34)20(32)13-31)6-7-19(17)29-24(18(16)11-21(22)38-3)14-5-8-23(33)30(2)12-14/h5,8,10-12,15,17,19-20,25-27,31-32,34-36H,4,6-7,9,13H2,1-3H3/t15-,17-,19-,20-,25-,26+,27-/m1/s1. The Balaban J connectivity index is 1.64. The van der Waals surface area contributed by atoms with Crippen molar-refractivity contribution in [3.05, 3.63) is 57.5 Å². The molecule has 1 aliphatic heterocycles. The van der Waals surface area contributed by atoms with Crippen molar-refractivity contribution in [1.29, 1.82) is 0 Å². The van der Waals surface area contributed by atoms with Crippen molar-refractivity contribution in [2.24, 2.45) is 12.0 Å². The first kappa shape index (κ1) is 29.7. The van der Waals surface area contributed by atoms with Crippen LogP contribution in [0.15, 0.2) is 40.2 Å². The number of hydrogen-bond donors (Lipinski definition) is 5. The van der Waals surface area contributed by atoms with Crippen LogP contribution >= 0.6 is 0 Å². The fraction of sp³-hybridized carbons (Fsp3) is 0.536. The van der Waals surface area contributed by atoms with Crippen molar-refractivity contribution < 1.29 is 44.5 Å². The maximum absolute atomic E-state index is 12.6. The molecule has 0 bridgehead atoms. The quantitative estimate of drug-likeness (QED) is 0.241. The lowest BCUT2D eigenvalue weighted by Crippen LogP contribution is -2.50. The fourth-order valence-corrected chi connectivity index (χ4v) is 5.32. The highest BCUT2D eigenvalue weighted by Crippen LogP contribution is 2.45. The minimum absolute atomic E-state index is 0.143. The van der Waals surface area contributed by atoms with Gasteiger partial charge in [0.05, 0.1) is 32.1 Å². The molecule has 1 fully saturated rings. The summed E-state index contributed by atoms with van der Waals surface area (Å²) in [5.41, 5.74) is 3.04. The van der Waals surface area contributed by atoms with Crippen molar-refractivity contribution in [1.82, 2.24) is 4.57 Å². The molecule has 218 valence electrons. The summed E-state index contributed by atoms with van der Waals surface area (Å²) in [5.74, 6) is -0.239. The molecule has 5 N–H and O–H groups in total. The lowest BCUT2D eigenvalue weighted by Gasteiger charge is -2.39. The highest BCUT2D eigenvalue weighted by Gasteiger charge is 2.41. The molecular weight excluding hydrogens is 524 g/mol. The van der Waals surface area contributed by atoms with Crippen LogP contribution in [0.25, 0.3) is 0 Å². The summed E-state index contributed by atoms with van der Waals surface area (Å²) >= 11 is 0. The van der Waals surface area contributed by atoms with Gasteiger partial charge in [0.2, 0.25) is 5.56 Å². The molecule has 12 heteroatoms. The second-order valence-electron chi connectivity index (χ2n) is 10.1. The molecule has 40 heavy (non-hydrogen) atoms. The molecule has 0 radical (unpaired) electrons. The number of benzene rings is 1. The van der Waals surface area contributed by atoms with Crippen LogP contribution in [0.5, 0.6) is 11.5 Å². The predicted molar refractivity (Wildman–Crippen MR) is 143 cm³/mol. The van der Waals surface area contributed by atoms with Crippen molar-refractivity contribution in [3.8, 4) is 11.5 Å². The monoisotopic (exact) mass is 560 g/mol. The van der Waals surface area contributed by atoms with E-state index >= 15 is 0 Å². The van der Waals surface area contributed by atoms with Crippen LogP contribution < -0.4 is 15.0 Å². The highest BCUT2D eigenvalue weighted by atomic mass is 16.6. The van der Waals surface area contributed by atoms with Crippen LogP contribution in [0.2, 0.25) is 0 Å². The van der Waals surface area contributed by atoms with Gasteiger partial charge in [-0.1, -0.05) is 0 Å². The van der Waals surface area contributed by atoms with E-state index in [1.54, 1.807) is 26.4 Å². The summed E-state index contributed by atoms with van der Waals surface area (Å²) in [6, 6.07) is 6.82. The third-order valence-corrected chi connectivity index (χ3v) is 7.49. The van der Waals surface area contributed by atoms with Crippen LogP contribution in [-0.2, 0) is 16.6 Å². The third-order valence-electron chi connectivity index (χ3n) is 7.49. The summed E-state index contributed by atoms with van der Waals surface area (Å²) in [5, 5.41) is 48.6. The zero-order chi connectivity index (χ0) is 29.1. The number of aliphatic hydroxyl groups is 5. The molecule has 4 rings (SSSR count). The lowest BCUT2D eigenvalue weighted by molar-refractivity contribution is -0.176. The summed E-state index contributed by atoms with van der Waals surface area (Å²) in [7, 11) is 3.22. The number of pyridine rings is 1. The summed E-state index contributed by atoms with van der Waals surface area (Å²) in [6.07, 6.45) is -5.36. The van der Waals surface area contributed by atoms with E-state index in [0.717, 1.165) is 16.7 Å². The molecular formula is C28H36N2O10. The number of methoxy groups -OCH3 is 1. The molecule has 1 aliphatic carbocycles. The summed E-state index contributed by atoms with van der Waals surface area (Å²) in [4.78, 5) is 29.7. The maximum atomic E-state index is 12.6. The number of ether oxygens (including phenoxy) is 3. The Kier molecular flexibility index (Phi) is 9.26. The second kappa shape index (κ2) is 12.5. The van der Waals surface area contributed by atoms with Gasteiger partial charge in [0.25, 0.3) is 0 Å². The number of aryl methyl sites for hydroxylation is 1. The summed E-state index contributed by atoms with van der Waals surface area (Å²) < 4.78 is 18.4. The first-order valence-corrected chi connectivity index (χ1v) is 13.2. The number of esters is 1. The number of aliphatic imine (C=N–C) groups is 1. The molecule has 1 saturated carbocycles. The van der Waals surface area contributed by atoms with Gasteiger partial charge in [-0.25, -0.2) is 4.79 Å². The number of rotatable bonds is 10. The van der Waals surface area contributed by atoms with E-state index in [9.17, 15) is 30.0 Å². The molecule has 12 nitrogen and oxygen atoms in total. The Morgan fingerprint density at radius 2 is 1.88 bits per heavy atom. The topological polar surface area (TPSA) is 180 Å². The molecule has 0 saturated heterocycles. The van der Waals surface area contributed by atoms with Gasteiger partial charge in [0.15, 0.2) is 17.6 Å². The Morgan fingerprint density at radius 3 is 2.52 bits per heavy atom. The van der Waals surface area contributed by atoms with E-state index in [2.05, 4.69) is 0 Å². The van der Waals surface area contributed by atoms with E-state index in [-0.39, 0.29) is 17.5 Å². The highest BCUT2D eigenvalue weighted by molar-refractivity contribution is 6.14. The minimum atomic E-state index is -2.12. The van der Waals surface area contributed by atoms with Crippen molar-refractivity contribution in [2.75, 3.05) is 20.3 Å². The van der Waals surface area contributed by atoms with E-state index in [4.69, 9.17) is 24.3 Å². The van der Waals surface area contributed by atoms with E-state index in [1.165, 1.54) is 10.6 Å². The molecule has 0 spiro atoms. The third kappa shape index (κ3) is 5.91. The first-order chi connectivity index (χ1) is 19.1. The molecule has 1 aromatic carbocycles. The smallest absolute Gasteiger partial charge is 0.338 e. The van der Waals surface area contributed by atoms with Crippen molar-refractivity contribution in [3.63, 3.8) is 0 Å². The lowest BCUT2D eigenvalue weighted by atomic mass is 9.74. The Bertz CT molecular complexity index is 1310. The number of hydrogen-bond acceptors (Lipinski definition) is 11. The predicted octanol–water partition coefficient (Wildman–Crippen LogP) is -0.373. The van der Waals surface area contributed by atoms with Crippen molar-refractivity contribution in [2.45, 2.75) is 68.7 Å². The molecule has 2 heterocycles. The molecule has 2 aliphatic rings. The second-order valence-corrected chi connectivity index (χ2v) is 10.1. The van der Waals surface area contributed by atoms with Gasteiger partial charge >= 0.3 is 5.97 Å². The fourth-order valence-electron chi connectivity index (χ4n) is 5.32. The van der Waals surface area contributed by atoms with Gasteiger partial charge in [-0.15, -0.1) is 0 Å². The van der Waals surface area contributed by atoms with E-state index in [1.807, 2.05) is 19.1 Å². The zero-order valence-electron chi connectivity index (χ0n) is 22.6. The van der Waals surface area contributed by atoms with Crippen molar-refractivity contribution >= 4 is 11.7 Å². The van der Waals surface area contributed by atoms with Gasteiger partial charge in [0.1, 0.15) is 24.4 Å². The number of aromatic nitrogens is 1. The Hall–Kier alpha value is -3.29. The normalized spacial score (nSPS) is 23.1. The van der Waals surface area contributed by atoms with Gasteiger partial charge in [-0.2, -0.15) is 0 Å².